The first-order valence-electron chi connectivity index (χ1n) is 6.38. The summed E-state index contributed by atoms with van der Waals surface area (Å²) in [5, 5.41) is 6.13. The molecular formula is C15H13F3N2S2. The van der Waals surface area contributed by atoms with Crippen LogP contribution in [0.1, 0.15) is 5.56 Å². The number of thioether (sulfide) groups is 1. The summed E-state index contributed by atoms with van der Waals surface area (Å²) >= 11 is 5.60. The van der Waals surface area contributed by atoms with E-state index in [4.69, 9.17) is 12.2 Å². The van der Waals surface area contributed by atoms with Gasteiger partial charge in [0.2, 0.25) is 0 Å². The molecule has 0 bridgehead atoms. The second kappa shape index (κ2) is 8.05. The molecule has 2 aromatic carbocycles. The van der Waals surface area contributed by atoms with Gasteiger partial charge in [-0.2, -0.15) is 8.78 Å². The summed E-state index contributed by atoms with van der Waals surface area (Å²) in [7, 11) is 0. The molecule has 0 radical (unpaired) electrons. The molecular weight excluding hydrogens is 329 g/mol. The van der Waals surface area contributed by atoms with Crippen LogP contribution in [0.2, 0.25) is 0 Å². The van der Waals surface area contributed by atoms with E-state index in [1.165, 1.54) is 6.07 Å². The van der Waals surface area contributed by atoms with Gasteiger partial charge in [0, 0.05) is 22.7 Å². The van der Waals surface area contributed by atoms with Gasteiger partial charge in [-0.1, -0.05) is 30.0 Å². The first-order chi connectivity index (χ1) is 10.5. The second-order valence-corrected chi connectivity index (χ2v) is 5.77. The van der Waals surface area contributed by atoms with Crippen LogP contribution in [0, 0.1) is 5.82 Å². The third-order valence-corrected chi connectivity index (χ3v) is 3.70. The molecule has 0 aliphatic carbocycles. The Morgan fingerprint density at radius 3 is 2.41 bits per heavy atom. The molecule has 7 heteroatoms. The molecule has 0 aliphatic rings. The van der Waals surface area contributed by atoms with Gasteiger partial charge in [0.15, 0.2) is 5.11 Å². The average molecular weight is 342 g/mol. The van der Waals surface area contributed by atoms with Crippen LogP contribution < -0.4 is 10.6 Å². The standard InChI is InChI=1S/C15H13F3N2S2/c16-13-4-2-1-3-10(13)9-19-15(21)20-11-5-7-12(8-6-11)22-14(17)18/h1-8,14H,9H2,(H2,19,20,21). The zero-order valence-electron chi connectivity index (χ0n) is 11.4. The van der Waals surface area contributed by atoms with Gasteiger partial charge in [-0.15, -0.1) is 0 Å². The lowest BCUT2D eigenvalue weighted by atomic mass is 10.2. The normalized spacial score (nSPS) is 10.5. The van der Waals surface area contributed by atoms with Crippen LogP contribution in [0.5, 0.6) is 0 Å². The van der Waals surface area contributed by atoms with Crippen molar-refractivity contribution in [3.8, 4) is 0 Å². The van der Waals surface area contributed by atoms with E-state index < -0.39 is 5.76 Å². The van der Waals surface area contributed by atoms with Crippen LogP contribution in [0.3, 0.4) is 0 Å². The summed E-state index contributed by atoms with van der Waals surface area (Å²) in [6, 6.07) is 12.9. The van der Waals surface area contributed by atoms with E-state index >= 15 is 0 Å². The fraction of sp³-hybridized carbons (Fsp3) is 0.133. The van der Waals surface area contributed by atoms with Crippen molar-refractivity contribution in [2.45, 2.75) is 17.2 Å². The van der Waals surface area contributed by atoms with Gasteiger partial charge in [-0.3, -0.25) is 0 Å². The molecule has 0 aliphatic heterocycles. The molecule has 0 fully saturated rings. The minimum Gasteiger partial charge on any atom is -0.358 e. The maximum Gasteiger partial charge on any atom is 0.288 e. The summed E-state index contributed by atoms with van der Waals surface area (Å²) in [6.07, 6.45) is 0. The summed E-state index contributed by atoms with van der Waals surface area (Å²) < 4.78 is 37.9. The van der Waals surface area contributed by atoms with Crippen molar-refractivity contribution in [2.75, 3.05) is 5.32 Å². The Labute approximate surface area is 136 Å². The summed E-state index contributed by atoms with van der Waals surface area (Å²) in [6.45, 7) is 0.262. The van der Waals surface area contributed by atoms with Crippen molar-refractivity contribution in [1.29, 1.82) is 0 Å². The minimum atomic E-state index is -2.44. The Balaban J connectivity index is 1.85. The molecule has 2 rings (SSSR count). The van der Waals surface area contributed by atoms with Crippen molar-refractivity contribution in [3.63, 3.8) is 0 Å². The number of hydrogen-bond donors (Lipinski definition) is 2. The van der Waals surface area contributed by atoms with E-state index in [-0.39, 0.29) is 12.4 Å². The lowest BCUT2D eigenvalue weighted by molar-refractivity contribution is 0.252. The van der Waals surface area contributed by atoms with Gasteiger partial charge in [-0.05, 0) is 42.5 Å². The summed E-state index contributed by atoms with van der Waals surface area (Å²) in [4.78, 5) is 0.478. The number of rotatable bonds is 5. The smallest absolute Gasteiger partial charge is 0.288 e. The predicted molar refractivity (Wildman–Crippen MR) is 87.8 cm³/mol. The van der Waals surface area contributed by atoms with E-state index in [0.717, 1.165) is 0 Å². The van der Waals surface area contributed by atoms with Crippen LogP contribution in [0.4, 0.5) is 18.9 Å². The van der Waals surface area contributed by atoms with Gasteiger partial charge in [-0.25, -0.2) is 4.39 Å². The van der Waals surface area contributed by atoms with E-state index in [1.807, 2.05) is 0 Å². The Morgan fingerprint density at radius 2 is 1.77 bits per heavy atom. The van der Waals surface area contributed by atoms with Gasteiger partial charge in [0.1, 0.15) is 5.82 Å². The summed E-state index contributed by atoms with van der Waals surface area (Å²) in [5.74, 6) is -2.74. The average Bonchev–Trinajstić information content (AvgIpc) is 2.48. The highest BCUT2D eigenvalue weighted by Gasteiger charge is 2.05. The van der Waals surface area contributed by atoms with Gasteiger partial charge >= 0.3 is 0 Å². The van der Waals surface area contributed by atoms with E-state index in [0.29, 0.717) is 33.0 Å². The van der Waals surface area contributed by atoms with E-state index in [9.17, 15) is 13.2 Å². The maximum absolute atomic E-state index is 13.4. The van der Waals surface area contributed by atoms with E-state index in [2.05, 4.69) is 10.6 Å². The molecule has 2 nitrogen and oxygen atoms in total. The topological polar surface area (TPSA) is 24.1 Å². The van der Waals surface area contributed by atoms with Gasteiger partial charge in [0.05, 0.1) is 0 Å². The van der Waals surface area contributed by atoms with Crippen LogP contribution in [-0.4, -0.2) is 10.9 Å². The number of hydrogen-bond acceptors (Lipinski definition) is 2. The molecule has 0 saturated carbocycles. The van der Waals surface area contributed by atoms with Crippen molar-refractivity contribution in [1.82, 2.24) is 5.32 Å². The fourth-order valence-electron chi connectivity index (χ4n) is 1.71. The molecule has 0 unspecified atom stereocenters. The molecule has 0 heterocycles. The van der Waals surface area contributed by atoms with Crippen LogP contribution in [0.15, 0.2) is 53.4 Å². The van der Waals surface area contributed by atoms with Crippen molar-refractivity contribution < 1.29 is 13.2 Å². The number of thiocarbonyl (C=S) groups is 1. The molecule has 0 amide bonds. The van der Waals surface area contributed by atoms with Crippen molar-refractivity contribution in [2.24, 2.45) is 0 Å². The second-order valence-electron chi connectivity index (χ2n) is 4.30. The van der Waals surface area contributed by atoms with Crippen LogP contribution in [-0.2, 0) is 6.54 Å². The highest BCUT2D eigenvalue weighted by molar-refractivity contribution is 7.99. The maximum atomic E-state index is 13.4. The number of anilines is 1. The zero-order chi connectivity index (χ0) is 15.9. The quantitative estimate of drug-likeness (QED) is 0.611. The lowest BCUT2D eigenvalue weighted by Crippen LogP contribution is -2.28. The predicted octanol–water partition coefficient (Wildman–Crippen LogP) is 4.63. The molecule has 22 heavy (non-hydrogen) atoms. The largest absolute Gasteiger partial charge is 0.358 e. The molecule has 2 N–H and O–H groups in total. The fourth-order valence-corrected chi connectivity index (χ4v) is 2.40. The number of benzene rings is 2. The highest BCUT2D eigenvalue weighted by atomic mass is 32.2. The number of alkyl halides is 2. The Kier molecular flexibility index (Phi) is 6.09. The SMILES string of the molecule is Fc1ccccc1CNC(=S)Nc1ccc(SC(F)F)cc1. The molecule has 0 aromatic heterocycles. The molecule has 0 atom stereocenters. The Hall–Kier alpha value is -1.73. The number of halogens is 3. The molecule has 2 aromatic rings. The monoisotopic (exact) mass is 342 g/mol. The van der Waals surface area contributed by atoms with Crippen LogP contribution in [0.25, 0.3) is 0 Å². The molecule has 0 saturated heterocycles. The number of nitrogens with one attached hydrogen (secondary N) is 2. The van der Waals surface area contributed by atoms with Crippen molar-refractivity contribution >= 4 is 34.8 Å². The molecule has 0 spiro atoms. The third-order valence-electron chi connectivity index (χ3n) is 2.73. The Morgan fingerprint density at radius 1 is 1.09 bits per heavy atom. The Bertz CT molecular complexity index is 633. The third kappa shape index (κ3) is 5.23. The first kappa shape index (κ1) is 16.6. The highest BCUT2D eigenvalue weighted by Crippen LogP contribution is 2.26. The summed E-state index contributed by atoms with van der Waals surface area (Å²) in [5.41, 5.74) is 1.18. The van der Waals surface area contributed by atoms with Crippen molar-refractivity contribution in [3.05, 3.63) is 59.9 Å². The molecule has 116 valence electrons. The first-order valence-corrected chi connectivity index (χ1v) is 7.66. The van der Waals surface area contributed by atoms with Gasteiger partial charge in [0.25, 0.3) is 5.76 Å². The van der Waals surface area contributed by atoms with Gasteiger partial charge < -0.3 is 10.6 Å². The lowest BCUT2D eigenvalue weighted by Gasteiger charge is -2.11. The van der Waals surface area contributed by atoms with E-state index in [1.54, 1.807) is 42.5 Å². The minimum absolute atomic E-state index is 0.262. The van der Waals surface area contributed by atoms with Crippen LogP contribution >= 0.6 is 24.0 Å². The zero-order valence-corrected chi connectivity index (χ0v) is 13.0.